The number of hydrogen-bond donors (Lipinski definition) is 2. The van der Waals surface area contributed by atoms with Crippen LogP contribution in [0.5, 0.6) is 0 Å². The number of aryl methyl sites for hydroxylation is 1. The molecule has 0 unspecified atom stereocenters. The zero-order chi connectivity index (χ0) is 13.1. The lowest BCUT2D eigenvalue weighted by molar-refractivity contribution is 0.101. The van der Waals surface area contributed by atoms with Crippen LogP contribution in [-0.2, 0) is 6.54 Å². The Morgan fingerprint density at radius 3 is 2.89 bits per heavy atom. The van der Waals surface area contributed by atoms with Crippen molar-refractivity contribution in [2.75, 3.05) is 5.32 Å². The second-order valence-corrected chi connectivity index (χ2v) is 4.21. The summed E-state index contributed by atoms with van der Waals surface area (Å²) < 4.78 is 1.68. The largest absolute Gasteiger partial charge is 0.289 e. The fourth-order valence-corrected chi connectivity index (χ4v) is 1.58. The molecule has 0 aliphatic heterocycles. The summed E-state index contributed by atoms with van der Waals surface area (Å²) in [5, 5.41) is 13.3. The third-order valence-corrected chi connectivity index (χ3v) is 2.57. The van der Waals surface area contributed by atoms with Crippen LogP contribution in [0.2, 0.25) is 0 Å². The topological polar surface area (TPSA) is 88.5 Å². The van der Waals surface area contributed by atoms with E-state index < -0.39 is 0 Å². The Bertz CT molecular complexity index is 528. The van der Waals surface area contributed by atoms with E-state index in [0.29, 0.717) is 18.2 Å². The highest BCUT2D eigenvalue weighted by atomic mass is 16.2. The normalized spacial score (nSPS) is 10.9. The Morgan fingerprint density at radius 2 is 2.33 bits per heavy atom. The predicted molar refractivity (Wildman–Crippen MR) is 66.3 cm³/mol. The Kier molecular flexibility index (Phi) is 3.40. The van der Waals surface area contributed by atoms with E-state index in [1.165, 1.54) is 6.33 Å². The van der Waals surface area contributed by atoms with Gasteiger partial charge in [0.25, 0.3) is 5.91 Å². The standard InChI is InChI=1S/C11H16N6O/c1-4-17-9(5-8(16-17)7(2)3)10(18)14-11-12-6-13-15-11/h5-7H,4H2,1-3H3,(H2,12,13,14,15,18). The molecule has 7 heteroatoms. The van der Waals surface area contributed by atoms with Crippen LogP contribution >= 0.6 is 0 Å². The molecule has 2 N–H and O–H groups in total. The van der Waals surface area contributed by atoms with E-state index >= 15 is 0 Å². The quantitative estimate of drug-likeness (QED) is 0.855. The summed E-state index contributed by atoms with van der Waals surface area (Å²) in [4.78, 5) is 15.9. The minimum Gasteiger partial charge on any atom is -0.289 e. The van der Waals surface area contributed by atoms with E-state index in [2.05, 4.69) is 25.6 Å². The molecule has 2 aromatic rings. The van der Waals surface area contributed by atoms with Gasteiger partial charge in [0.15, 0.2) is 0 Å². The molecule has 0 saturated carbocycles. The smallest absolute Gasteiger partial charge is 0.276 e. The minimum absolute atomic E-state index is 0.243. The molecule has 0 fully saturated rings. The summed E-state index contributed by atoms with van der Waals surface area (Å²) in [6.45, 7) is 6.68. The van der Waals surface area contributed by atoms with Gasteiger partial charge >= 0.3 is 0 Å². The monoisotopic (exact) mass is 248 g/mol. The number of carbonyl (C=O) groups excluding carboxylic acids is 1. The van der Waals surface area contributed by atoms with Crippen molar-refractivity contribution in [1.82, 2.24) is 25.0 Å². The Morgan fingerprint density at radius 1 is 1.56 bits per heavy atom. The van der Waals surface area contributed by atoms with Gasteiger partial charge in [-0.25, -0.2) is 5.10 Å². The third-order valence-electron chi connectivity index (χ3n) is 2.57. The summed E-state index contributed by atoms with van der Waals surface area (Å²) in [5.41, 5.74) is 1.43. The molecule has 2 aromatic heterocycles. The number of rotatable bonds is 4. The number of carbonyl (C=O) groups is 1. The zero-order valence-electron chi connectivity index (χ0n) is 10.6. The van der Waals surface area contributed by atoms with Gasteiger partial charge in [0.2, 0.25) is 5.95 Å². The number of nitrogens with one attached hydrogen (secondary N) is 2. The first-order chi connectivity index (χ1) is 8.61. The van der Waals surface area contributed by atoms with E-state index in [4.69, 9.17) is 0 Å². The molecule has 18 heavy (non-hydrogen) atoms. The van der Waals surface area contributed by atoms with Gasteiger partial charge < -0.3 is 0 Å². The second kappa shape index (κ2) is 4.99. The number of anilines is 1. The van der Waals surface area contributed by atoms with Crippen LogP contribution in [0.1, 0.15) is 42.9 Å². The highest BCUT2D eigenvalue weighted by Gasteiger charge is 2.16. The molecule has 0 aliphatic rings. The lowest BCUT2D eigenvalue weighted by Crippen LogP contribution is -2.18. The number of aromatic nitrogens is 5. The molecule has 1 amide bonds. The van der Waals surface area contributed by atoms with Crippen molar-refractivity contribution in [3.63, 3.8) is 0 Å². The molecule has 0 atom stereocenters. The average molecular weight is 248 g/mol. The molecule has 96 valence electrons. The maximum Gasteiger partial charge on any atom is 0.276 e. The molecule has 2 rings (SSSR count). The van der Waals surface area contributed by atoms with Gasteiger partial charge in [-0.2, -0.15) is 15.2 Å². The van der Waals surface area contributed by atoms with Crippen LogP contribution < -0.4 is 5.32 Å². The van der Waals surface area contributed by atoms with Crippen molar-refractivity contribution in [3.05, 3.63) is 23.8 Å². The van der Waals surface area contributed by atoms with Crippen molar-refractivity contribution >= 4 is 11.9 Å². The van der Waals surface area contributed by atoms with Gasteiger partial charge in [-0.1, -0.05) is 13.8 Å². The van der Waals surface area contributed by atoms with Crippen molar-refractivity contribution in [3.8, 4) is 0 Å². The number of hydrogen-bond acceptors (Lipinski definition) is 4. The van der Waals surface area contributed by atoms with Crippen LogP contribution in [0.25, 0.3) is 0 Å². The van der Waals surface area contributed by atoms with E-state index in [0.717, 1.165) is 5.69 Å². The Labute approximate surface area is 105 Å². The molecular formula is C11H16N6O. The van der Waals surface area contributed by atoms with Gasteiger partial charge in [-0.05, 0) is 18.9 Å². The lowest BCUT2D eigenvalue weighted by atomic mass is 10.1. The average Bonchev–Trinajstić information content (AvgIpc) is 2.96. The van der Waals surface area contributed by atoms with Gasteiger partial charge in [0.05, 0.1) is 5.69 Å². The van der Waals surface area contributed by atoms with Crippen LogP contribution in [0.3, 0.4) is 0 Å². The van der Waals surface area contributed by atoms with E-state index in [1.54, 1.807) is 10.7 Å². The fraction of sp³-hybridized carbons (Fsp3) is 0.455. The maximum absolute atomic E-state index is 12.1. The molecule has 0 bridgehead atoms. The summed E-state index contributed by atoms with van der Waals surface area (Å²) in [5.74, 6) is 0.373. The number of H-pyrrole nitrogens is 1. The van der Waals surface area contributed by atoms with Crippen molar-refractivity contribution in [2.45, 2.75) is 33.2 Å². The van der Waals surface area contributed by atoms with Crippen LogP contribution in [0.4, 0.5) is 5.95 Å². The van der Waals surface area contributed by atoms with Crippen LogP contribution in [-0.4, -0.2) is 30.9 Å². The molecule has 7 nitrogen and oxygen atoms in total. The first-order valence-corrected chi connectivity index (χ1v) is 5.86. The van der Waals surface area contributed by atoms with E-state index in [-0.39, 0.29) is 11.8 Å². The number of nitrogens with zero attached hydrogens (tertiary/aromatic N) is 4. The summed E-state index contributed by atoms with van der Waals surface area (Å²) in [6.07, 6.45) is 1.34. The highest BCUT2D eigenvalue weighted by Crippen LogP contribution is 2.15. The molecule has 0 aromatic carbocycles. The highest BCUT2D eigenvalue weighted by molar-refractivity contribution is 6.02. The maximum atomic E-state index is 12.1. The van der Waals surface area contributed by atoms with Gasteiger partial charge in [0, 0.05) is 6.54 Å². The molecule has 0 aliphatic carbocycles. The second-order valence-electron chi connectivity index (χ2n) is 4.21. The molecule has 2 heterocycles. The third kappa shape index (κ3) is 2.39. The van der Waals surface area contributed by atoms with Crippen LogP contribution in [0.15, 0.2) is 12.4 Å². The Hall–Kier alpha value is -2.18. The van der Waals surface area contributed by atoms with Crippen molar-refractivity contribution in [2.24, 2.45) is 0 Å². The van der Waals surface area contributed by atoms with Crippen molar-refractivity contribution in [1.29, 1.82) is 0 Å². The molecule has 0 saturated heterocycles. The Balaban J connectivity index is 2.23. The van der Waals surface area contributed by atoms with Gasteiger partial charge in [-0.15, -0.1) is 0 Å². The summed E-state index contributed by atoms with van der Waals surface area (Å²) >= 11 is 0. The molecule has 0 radical (unpaired) electrons. The number of amides is 1. The number of aromatic amines is 1. The minimum atomic E-state index is -0.243. The van der Waals surface area contributed by atoms with Gasteiger partial charge in [0.1, 0.15) is 12.0 Å². The predicted octanol–water partition coefficient (Wildman–Crippen LogP) is 1.40. The first kappa shape index (κ1) is 12.3. The summed E-state index contributed by atoms with van der Waals surface area (Å²) in [7, 11) is 0. The van der Waals surface area contributed by atoms with E-state index in [9.17, 15) is 4.79 Å². The SMILES string of the molecule is CCn1nc(C(C)C)cc1C(=O)Nc1ncn[nH]1. The zero-order valence-corrected chi connectivity index (χ0v) is 10.6. The molecular weight excluding hydrogens is 232 g/mol. The first-order valence-electron chi connectivity index (χ1n) is 5.86. The lowest BCUT2D eigenvalue weighted by Gasteiger charge is -2.03. The fourth-order valence-electron chi connectivity index (χ4n) is 1.58. The van der Waals surface area contributed by atoms with Gasteiger partial charge in [-0.3, -0.25) is 14.8 Å². The molecule has 0 spiro atoms. The summed E-state index contributed by atoms with van der Waals surface area (Å²) in [6, 6.07) is 1.81. The van der Waals surface area contributed by atoms with E-state index in [1.807, 2.05) is 20.8 Å². The van der Waals surface area contributed by atoms with Crippen molar-refractivity contribution < 1.29 is 4.79 Å². The van der Waals surface area contributed by atoms with Crippen LogP contribution in [0, 0.1) is 0 Å².